The zero-order chi connectivity index (χ0) is 46.2. The molecular weight excluding hydrogens is 825 g/mol. The Kier molecular flexibility index (Phi) is 20.6. The maximum atomic E-state index is 13.4. The maximum Gasteiger partial charge on any atom is 0.343 e. The molecule has 5 rings (SSSR count). The highest BCUT2D eigenvalue weighted by atomic mass is 16.5. The topological polar surface area (TPSA) is 133 Å². The van der Waals surface area contributed by atoms with Crippen molar-refractivity contribution in [2.24, 2.45) is 0 Å². The molecule has 0 atom stereocenters. The number of rotatable bonds is 28. The van der Waals surface area contributed by atoms with Crippen LogP contribution in [0.4, 0.5) is 0 Å². The van der Waals surface area contributed by atoms with Crippen LogP contribution >= 0.6 is 0 Å². The fourth-order valence-electron chi connectivity index (χ4n) is 6.92. The summed E-state index contributed by atoms with van der Waals surface area (Å²) in [6, 6.07) is 29.1. The van der Waals surface area contributed by atoms with E-state index in [1.54, 1.807) is 117 Å². The Morgan fingerprint density at radius 1 is 0.477 bits per heavy atom. The van der Waals surface area contributed by atoms with E-state index in [0.29, 0.717) is 77.3 Å². The molecule has 0 aliphatic carbocycles. The number of fused-ring (bicyclic) bond motifs is 1. The highest BCUT2D eigenvalue weighted by Crippen LogP contribution is 2.29. The first-order chi connectivity index (χ1) is 31.6. The molecule has 0 saturated heterocycles. The summed E-state index contributed by atoms with van der Waals surface area (Å²) >= 11 is 0. The number of methoxy groups -OCH3 is 1. The van der Waals surface area contributed by atoms with Gasteiger partial charge in [-0.25, -0.2) is 19.2 Å². The monoisotopic (exact) mass is 886 g/mol. The Morgan fingerprint density at radius 3 is 1.48 bits per heavy atom. The summed E-state index contributed by atoms with van der Waals surface area (Å²) in [5.74, 6) is 0.536. The Morgan fingerprint density at radius 2 is 0.923 bits per heavy atom. The third-order valence-corrected chi connectivity index (χ3v) is 10.6. The zero-order valence-electron chi connectivity index (χ0n) is 38.0. The van der Waals surface area contributed by atoms with Gasteiger partial charge in [0.25, 0.3) is 0 Å². The van der Waals surface area contributed by atoms with Crippen molar-refractivity contribution < 1.29 is 52.3 Å². The fraction of sp³-hybridized carbons (Fsp3) is 0.370. The number of carbonyl (C=O) groups is 4. The number of aryl methyl sites for hydroxylation is 1. The second-order valence-corrected chi connectivity index (χ2v) is 16.0. The molecule has 0 aliphatic rings. The normalized spacial score (nSPS) is 10.9. The van der Waals surface area contributed by atoms with E-state index in [0.717, 1.165) is 74.3 Å². The van der Waals surface area contributed by atoms with Crippen molar-refractivity contribution in [2.75, 3.05) is 33.5 Å². The molecular formula is C54H62O11. The average molecular weight is 887 g/mol. The molecule has 344 valence electrons. The lowest BCUT2D eigenvalue weighted by Crippen LogP contribution is -2.11. The smallest absolute Gasteiger partial charge is 0.343 e. The van der Waals surface area contributed by atoms with E-state index in [4.69, 9.17) is 33.2 Å². The minimum absolute atomic E-state index is 0.332. The van der Waals surface area contributed by atoms with E-state index < -0.39 is 17.9 Å². The van der Waals surface area contributed by atoms with Gasteiger partial charge in [0.1, 0.15) is 28.7 Å². The van der Waals surface area contributed by atoms with Crippen molar-refractivity contribution in [1.82, 2.24) is 0 Å². The van der Waals surface area contributed by atoms with Gasteiger partial charge in [0, 0.05) is 19.3 Å². The lowest BCUT2D eigenvalue weighted by molar-refractivity contribution is -0.139. The van der Waals surface area contributed by atoms with E-state index in [9.17, 15) is 19.2 Å². The van der Waals surface area contributed by atoms with Crippen LogP contribution in [0.1, 0.15) is 128 Å². The molecule has 0 aliphatic heterocycles. The van der Waals surface area contributed by atoms with Gasteiger partial charge in [0.2, 0.25) is 0 Å². The summed E-state index contributed by atoms with van der Waals surface area (Å²) in [7, 11) is 1.74. The van der Waals surface area contributed by atoms with Crippen LogP contribution in [0.3, 0.4) is 0 Å². The highest BCUT2D eigenvalue weighted by Gasteiger charge is 2.17. The zero-order valence-corrected chi connectivity index (χ0v) is 38.0. The van der Waals surface area contributed by atoms with Gasteiger partial charge in [-0.2, -0.15) is 0 Å². The molecule has 5 aromatic carbocycles. The molecule has 5 aromatic rings. The van der Waals surface area contributed by atoms with Gasteiger partial charge in [-0.05, 0) is 159 Å². The molecule has 0 fully saturated rings. The van der Waals surface area contributed by atoms with Crippen molar-refractivity contribution in [1.29, 1.82) is 0 Å². The van der Waals surface area contributed by atoms with Crippen molar-refractivity contribution in [3.05, 3.63) is 138 Å². The summed E-state index contributed by atoms with van der Waals surface area (Å²) in [4.78, 5) is 50.8. The van der Waals surface area contributed by atoms with Gasteiger partial charge in [0.05, 0.1) is 36.5 Å². The molecule has 0 radical (unpaired) electrons. The van der Waals surface area contributed by atoms with Gasteiger partial charge in [-0.3, -0.25) is 0 Å². The van der Waals surface area contributed by atoms with E-state index in [2.05, 4.69) is 6.58 Å². The van der Waals surface area contributed by atoms with E-state index in [-0.39, 0.29) is 5.97 Å². The first-order valence-corrected chi connectivity index (χ1v) is 22.7. The third kappa shape index (κ3) is 16.9. The van der Waals surface area contributed by atoms with Crippen molar-refractivity contribution >= 4 is 34.6 Å². The van der Waals surface area contributed by atoms with Gasteiger partial charge < -0.3 is 33.2 Å². The minimum Gasteiger partial charge on any atom is -0.494 e. The number of hydrogen-bond donors (Lipinski definition) is 0. The Labute approximate surface area is 383 Å². The molecule has 0 heterocycles. The third-order valence-electron chi connectivity index (χ3n) is 10.6. The average Bonchev–Trinajstić information content (AvgIpc) is 3.31. The lowest BCUT2D eigenvalue weighted by Gasteiger charge is -2.13. The van der Waals surface area contributed by atoms with Crippen LogP contribution in [0, 0.1) is 0 Å². The first kappa shape index (κ1) is 49.6. The molecule has 65 heavy (non-hydrogen) atoms. The number of esters is 4. The first-order valence-electron chi connectivity index (χ1n) is 22.7. The van der Waals surface area contributed by atoms with Crippen molar-refractivity contribution in [3.63, 3.8) is 0 Å². The minimum atomic E-state index is -0.537. The molecule has 0 saturated carbocycles. The van der Waals surface area contributed by atoms with Gasteiger partial charge >= 0.3 is 23.9 Å². The van der Waals surface area contributed by atoms with Gasteiger partial charge in [0.15, 0.2) is 0 Å². The summed E-state index contributed by atoms with van der Waals surface area (Å²) < 4.78 is 39.1. The predicted octanol–water partition coefficient (Wildman–Crippen LogP) is 12.3. The second-order valence-electron chi connectivity index (χ2n) is 16.0. The SMILES string of the molecule is C=C(C)C(=O)OCCCCCCOc1ccc(C(=O)Oc2ccc(OC(=O)c3ccc4cc(OC(=O)c5ccc(OCCCCCCCCCOC)cc5)ccc4c3)c(CCC)c2)cc1. The largest absolute Gasteiger partial charge is 0.494 e. The molecule has 11 heteroatoms. The number of hydrogen-bond acceptors (Lipinski definition) is 11. The van der Waals surface area contributed by atoms with Crippen molar-refractivity contribution in [2.45, 2.75) is 97.3 Å². The highest BCUT2D eigenvalue weighted by molar-refractivity contribution is 5.97. The van der Waals surface area contributed by atoms with Gasteiger partial charge in [-0.15, -0.1) is 0 Å². The molecule has 0 spiro atoms. The quantitative estimate of drug-likeness (QED) is 0.0206. The molecule has 0 amide bonds. The molecule has 0 bridgehead atoms. The van der Waals surface area contributed by atoms with Crippen LogP contribution in [0.2, 0.25) is 0 Å². The summed E-state index contributed by atoms with van der Waals surface area (Å²) in [5, 5.41) is 1.55. The number of unbranched alkanes of at least 4 members (excludes halogenated alkanes) is 9. The molecule has 11 nitrogen and oxygen atoms in total. The number of benzene rings is 5. The van der Waals surface area contributed by atoms with E-state index in [1.807, 2.05) is 6.92 Å². The number of carbonyl (C=O) groups excluding carboxylic acids is 4. The molecule has 0 N–H and O–H groups in total. The Hall–Kier alpha value is -6.46. The molecule has 0 aromatic heterocycles. The Balaban J connectivity index is 1.06. The summed E-state index contributed by atoms with van der Waals surface area (Å²) in [6.45, 7) is 9.59. The Bertz CT molecular complexity index is 2310. The lowest BCUT2D eigenvalue weighted by atomic mass is 10.1. The van der Waals surface area contributed by atoms with E-state index >= 15 is 0 Å². The summed E-state index contributed by atoms with van der Waals surface area (Å²) in [6.07, 6.45) is 13.0. The standard InChI is InChI=1S/C54H62O11/c1-5-17-44-38-49(64-53(57)41-22-27-47(28-23-41)61-34-15-11-12-16-35-62-51(55)39(2)3)30-31-50(44)65-54(58)45-19-18-43-37-48(29-24-42(43)36-45)63-52(56)40-20-25-46(26-21-40)60-33-14-10-8-6-7-9-13-32-59-4/h18-31,36-38H,2,5-17,32-35H2,1,3-4H3. The predicted molar refractivity (Wildman–Crippen MR) is 252 cm³/mol. The fourth-order valence-corrected chi connectivity index (χ4v) is 6.92. The van der Waals surface area contributed by atoms with Crippen molar-refractivity contribution in [3.8, 4) is 28.7 Å². The van der Waals surface area contributed by atoms with Crippen LogP contribution in [-0.2, 0) is 20.7 Å². The van der Waals surface area contributed by atoms with Gasteiger partial charge in [-0.1, -0.05) is 64.2 Å². The molecule has 0 unspecified atom stereocenters. The second kappa shape index (κ2) is 27.0. The van der Waals surface area contributed by atoms with Crippen LogP contribution < -0.4 is 23.7 Å². The number of ether oxygens (including phenoxy) is 7. The van der Waals surface area contributed by atoms with Crippen LogP contribution in [-0.4, -0.2) is 57.4 Å². The van der Waals surface area contributed by atoms with Crippen LogP contribution in [0.25, 0.3) is 10.8 Å². The van der Waals surface area contributed by atoms with E-state index in [1.165, 1.54) is 25.7 Å². The maximum absolute atomic E-state index is 13.4. The van der Waals surface area contributed by atoms with Crippen LogP contribution in [0.15, 0.2) is 115 Å². The van der Waals surface area contributed by atoms with Crippen LogP contribution in [0.5, 0.6) is 28.7 Å². The summed E-state index contributed by atoms with van der Waals surface area (Å²) in [5.41, 5.74) is 2.25.